The minimum absolute atomic E-state index is 0.0180. The van der Waals surface area contributed by atoms with E-state index in [0.717, 1.165) is 12.5 Å². The molecule has 1 saturated heterocycles. The van der Waals surface area contributed by atoms with Gasteiger partial charge in [-0.15, -0.1) is 0 Å². The Hall–Kier alpha value is -2.89. The van der Waals surface area contributed by atoms with E-state index < -0.39 is 43.8 Å². The Balaban J connectivity index is 2.06. The molecular weight excluding hydrogens is 435 g/mol. The van der Waals surface area contributed by atoms with Crippen LogP contribution in [0.5, 0.6) is 0 Å². The van der Waals surface area contributed by atoms with Crippen molar-refractivity contribution in [3.63, 3.8) is 0 Å². The molecule has 1 fully saturated rings. The first kappa shape index (κ1) is 22.8. The molecule has 0 saturated carbocycles. The molecule has 8 nitrogen and oxygen atoms in total. The van der Waals surface area contributed by atoms with Gasteiger partial charge in [0.25, 0.3) is 15.9 Å². The van der Waals surface area contributed by atoms with Gasteiger partial charge in [-0.05, 0) is 44.4 Å². The first-order valence-electron chi connectivity index (χ1n) is 9.35. The van der Waals surface area contributed by atoms with Crippen molar-refractivity contribution in [2.24, 2.45) is 5.92 Å². The first-order valence-corrected chi connectivity index (χ1v) is 10.8. The zero-order valence-corrected chi connectivity index (χ0v) is 17.9. The summed E-state index contributed by atoms with van der Waals surface area (Å²) in [6.07, 6.45) is -3.40. The van der Waals surface area contributed by atoms with Crippen molar-refractivity contribution >= 4 is 27.6 Å². The quantitative estimate of drug-likeness (QED) is 0.725. The van der Waals surface area contributed by atoms with Gasteiger partial charge in [0.2, 0.25) is 0 Å². The van der Waals surface area contributed by atoms with E-state index in [2.05, 4.69) is 9.97 Å². The van der Waals surface area contributed by atoms with Crippen LogP contribution < -0.4 is 15.4 Å². The molecule has 12 heteroatoms. The predicted octanol–water partition coefficient (Wildman–Crippen LogP) is 2.82. The number of carbonyl (C=O) groups excluding carboxylic acids is 1. The van der Waals surface area contributed by atoms with Crippen LogP contribution in [0.15, 0.2) is 35.5 Å². The average Bonchev–Trinajstić information content (AvgIpc) is 2.92. The number of nitrogens with one attached hydrogen (secondary N) is 1. The van der Waals surface area contributed by atoms with Crippen LogP contribution in [-0.4, -0.2) is 36.4 Å². The molecule has 1 aliphatic rings. The molecule has 3 N–H and O–H groups in total. The van der Waals surface area contributed by atoms with Gasteiger partial charge in [0.15, 0.2) is 5.03 Å². The molecule has 168 valence electrons. The summed E-state index contributed by atoms with van der Waals surface area (Å²) in [4.78, 5) is 22.2. The molecule has 1 atom stereocenters. The molecule has 0 radical (unpaired) electrons. The van der Waals surface area contributed by atoms with Gasteiger partial charge in [-0.3, -0.25) is 4.79 Å². The normalized spacial score (nSPS) is 18.8. The van der Waals surface area contributed by atoms with Gasteiger partial charge < -0.3 is 10.6 Å². The fourth-order valence-corrected chi connectivity index (χ4v) is 4.71. The molecule has 1 aliphatic heterocycles. The Morgan fingerprint density at radius 2 is 2.00 bits per heavy atom. The lowest BCUT2D eigenvalue weighted by Crippen LogP contribution is -2.41. The van der Waals surface area contributed by atoms with Gasteiger partial charge in [0.1, 0.15) is 11.6 Å². The van der Waals surface area contributed by atoms with Gasteiger partial charge in [-0.25, -0.2) is 14.7 Å². The second-order valence-corrected chi connectivity index (χ2v) is 9.79. The smallest absolute Gasteiger partial charge is 0.384 e. The van der Waals surface area contributed by atoms with Crippen LogP contribution in [0, 0.1) is 5.92 Å². The third-order valence-electron chi connectivity index (χ3n) is 5.01. The topological polar surface area (TPSA) is 118 Å². The summed E-state index contributed by atoms with van der Waals surface area (Å²) < 4.78 is 66.7. The largest absolute Gasteiger partial charge is 0.417 e. The highest BCUT2D eigenvalue weighted by Crippen LogP contribution is 2.39. The van der Waals surface area contributed by atoms with E-state index >= 15 is 0 Å². The van der Waals surface area contributed by atoms with Crippen molar-refractivity contribution in [1.29, 1.82) is 0 Å². The van der Waals surface area contributed by atoms with Gasteiger partial charge >= 0.3 is 6.18 Å². The minimum Gasteiger partial charge on any atom is -0.384 e. The van der Waals surface area contributed by atoms with Crippen molar-refractivity contribution in [2.45, 2.75) is 43.9 Å². The molecule has 1 amide bonds. The molecule has 2 aromatic heterocycles. The van der Waals surface area contributed by atoms with E-state index in [-0.39, 0.29) is 17.6 Å². The van der Waals surface area contributed by atoms with Crippen molar-refractivity contribution in [3.8, 4) is 0 Å². The molecule has 3 heterocycles. The number of amides is 1. The average molecular weight is 457 g/mol. The van der Waals surface area contributed by atoms with E-state index in [1.807, 2.05) is 20.8 Å². The summed E-state index contributed by atoms with van der Waals surface area (Å²) in [6, 6.07) is 4.40. The number of carbonyl (C=O) groups is 1. The molecule has 0 aliphatic carbocycles. The summed E-state index contributed by atoms with van der Waals surface area (Å²) in [6.45, 7) is 6.19. The van der Waals surface area contributed by atoms with Crippen molar-refractivity contribution < 1.29 is 26.4 Å². The van der Waals surface area contributed by atoms with Gasteiger partial charge in [0.05, 0.1) is 11.1 Å². The fraction of sp³-hybridized carbons (Fsp3) is 0.421. The molecule has 0 aromatic carbocycles. The van der Waals surface area contributed by atoms with Crippen LogP contribution in [-0.2, 0) is 16.2 Å². The minimum atomic E-state index is -4.76. The van der Waals surface area contributed by atoms with Crippen LogP contribution in [0.4, 0.5) is 24.8 Å². The van der Waals surface area contributed by atoms with Crippen LogP contribution in [0.1, 0.15) is 43.1 Å². The van der Waals surface area contributed by atoms with Crippen LogP contribution in [0.3, 0.4) is 0 Å². The third-order valence-corrected chi connectivity index (χ3v) is 6.25. The molecule has 3 rings (SSSR count). The number of pyridine rings is 2. The van der Waals surface area contributed by atoms with Crippen molar-refractivity contribution in [1.82, 2.24) is 14.7 Å². The number of nitrogens with two attached hydrogens (primary N) is 1. The second-order valence-electron chi connectivity index (χ2n) is 8.16. The maximum atomic E-state index is 13.3. The Morgan fingerprint density at radius 1 is 1.32 bits per heavy atom. The number of halogens is 3. The standard InChI is InChI=1S/C19H22F3N5O3S/c1-11-8-18(2,3)27(10-11)16-13(7-12(9-24-16)19(20,21)22)17(28)26-31(29,30)15-6-4-5-14(23)25-15/h4-7,9,11H,8,10H2,1-3H3,(H2,23,25)(H,26,28)/t11-/m0/s1. The van der Waals surface area contributed by atoms with Crippen molar-refractivity contribution in [3.05, 3.63) is 41.6 Å². The fourth-order valence-electron chi connectivity index (χ4n) is 3.76. The zero-order valence-electron chi connectivity index (χ0n) is 17.1. The monoisotopic (exact) mass is 457 g/mol. The van der Waals surface area contributed by atoms with Gasteiger partial charge in [-0.2, -0.15) is 21.6 Å². The number of sulfonamides is 1. The second kappa shape index (κ2) is 7.66. The number of nitrogens with zero attached hydrogens (tertiary/aromatic N) is 3. The summed E-state index contributed by atoms with van der Waals surface area (Å²) in [7, 11) is -4.48. The number of aromatic nitrogens is 2. The SMILES string of the molecule is C[C@@H]1CN(c2ncc(C(F)(F)F)cc2C(=O)NS(=O)(=O)c2cccc(N)n2)C(C)(C)C1. The summed E-state index contributed by atoms with van der Waals surface area (Å²) in [5.41, 5.74) is 3.34. The molecule has 31 heavy (non-hydrogen) atoms. The van der Waals surface area contributed by atoms with Crippen LogP contribution >= 0.6 is 0 Å². The third kappa shape index (κ3) is 4.73. The molecule has 0 unspecified atom stereocenters. The first-order chi connectivity index (χ1) is 14.2. The Kier molecular flexibility index (Phi) is 5.63. The Labute approximate surface area is 177 Å². The lowest BCUT2D eigenvalue weighted by molar-refractivity contribution is -0.137. The van der Waals surface area contributed by atoms with Crippen LogP contribution in [0.25, 0.3) is 0 Å². The highest BCUT2D eigenvalue weighted by atomic mass is 32.2. The summed E-state index contributed by atoms with van der Waals surface area (Å²) in [5, 5.41) is -0.530. The Morgan fingerprint density at radius 3 is 2.55 bits per heavy atom. The lowest BCUT2D eigenvalue weighted by Gasteiger charge is -2.33. The van der Waals surface area contributed by atoms with E-state index in [4.69, 9.17) is 5.73 Å². The maximum absolute atomic E-state index is 13.3. The van der Waals surface area contributed by atoms with E-state index in [9.17, 15) is 26.4 Å². The molecule has 0 bridgehead atoms. The lowest BCUT2D eigenvalue weighted by atomic mass is 9.97. The number of alkyl halides is 3. The number of rotatable bonds is 4. The van der Waals surface area contributed by atoms with Crippen molar-refractivity contribution in [2.75, 3.05) is 17.2 Å². The zero-order chi connectivity index (χ0) is 23.2. The maximum Gasteiger partial charge on any atom is 0.417 e. The van der Waals surface area contributed by atoms with Gasteiger partial charge in [-0.1, -0.05) is 13.0 Å². The van der Waals surface area contributed by atoms with Crippen LogP contribution in [0.2, 0.25) is 0 Å². The molecular formula is C19H22F3N5O3S. The summed E-state index contributed by atoms with van der Waals surface area (Å²) >= 11 is 0. The molecule has 2 aromatic rings. The number of nitrogen functional groups attached to an aromatic ring is 1. The van der Waals surface area contributed by atoms with E-state index in [1.165, 1.54) is 12.1 Å². The Bertz CT molecular complexity index is 1120. The van der Waals surface area contributed by atoms with E-state index in [1.54, 1.807) is 9.62 Å². The predicted molar refractivity (Wildman–Crippen MR) is 108 cm³/mol. The number of anilines is 2. The number of hydrogen-bond acceptors (Lipinski definition) is 7. The van der Waals surface area contributed by atoms with E-state index in [0.29, 0.717) is 18.8 Å². The molecule has 0 spiro atoms. The van der Waals surface area contributed by atoms with Gasteiger partial charge in [0, 0.05) is 18.3 Å². The number of hydrogen-bond donors (Lipinski definition) is 2. The summed E-state index contributed by atoms with van der Waals surface area (Å²) in [5.74, 6) is -1.15. The highest BCUT2D eigenvalue weighted by molar-refractivity contribution is 7.90. The highest BCUT2D eigenvalue weighted by Gasteiger charge is 2.40.